The second-order valence-electron chi connectivity index (χ2n) is 5.54. The molecule has 0 spiro atoms. The van der Waals surface area contributed by atoms with Crippen molar-refractivity contribution in [3.05, 3.63) is 0 Å². The highest BCUT2D eigenvalue weighted by Gasteiger charge is 2.28. The molecule has 0 radical (unpaired) electrons. The molecule has 2 atom stereocenters. The van der Waals surface area contributed by atoms with E-state index in [2.05, 4.69) is 30.8 Å². The summed E-state index contributed by atoms with van der Waals surface area (Å²) in [7, 11) is -3.29. The molecule has 1 rings (SSSR count). The first-order chi connectivity index (χ1) is 8.99. The Kier molecular flexibility index (Phi) is 7.28. The topological polar surface area (TPSA) is 61.4 Å². The van der Waals surface area contributed by atoms with Crippen molar-refractivity contribution in [2.45, 2.75) is 40.0 Å². The molecule has 1 aliphatic heterocycles. The Labute approximate surface area is 118 Å². The van der Waals surface area contributed by atoms with Gasteiger partial charge in [-0.2, -0.15) is 12.7 Å². The number of nitrogens with one attached hydrogen (secondary N) is 2. The standard InChI is InChI=1S/C13H29N3O2S/c1-4-12(3)9-15-19(17,18)16-8-6-7-13(11-16)10-14-5-2/h12-15H,4-11H2,1-3H3. The van der Waals surface area contributed by atoms with Gasteiger partial charge in [0, 0.05) is 19.6 Å². The number of rotatable bonds is 8. The highest BCUT2D eigenvalue weighted by molar-refractivity contribution is 7.87. The number of piperidine rings is 1. The zero-order valence-electron chi connectivity index (χ0n) is 12.5. The van der Waals surface area contributed by atoms with Crippen molar-refractivity contribution in [3.8, 4) is 0 Å². The predicted molar refractivity (Wildman–Crippen MR) is 79.2 cm³/mol. The van der Waals surface area contributed by atoms with Gasteiger partial charge in [0.2, 0.25) is 0 Å². The second-order valence-corrected chi connectivity index (χ2v) is 7.30. The average Bonchev–Trinajstić information content (AvgIpc) is 2.43. The average molecular weight is 291 g/mol. The Bertz CT molecular complexity index is 346. The monoisotopic (exact) mass is 291 g/mol. The molecule has 0 aromatic rings. The fraction of sp³-hybridized carbons (Fsp3) is 1.00. The zero-order valence-corrected chi connectivity index (χ0v) is 13.3. The summed E-state index contributed by atoms with van der Waals surface area (Å²) < 4.78 is 28.8. The van der Waals surface area contributed by atoms with Crippen molar-refractivity contribution < 1.29 is 8.42 Å². The molecule has 0 aromatic carbocycles. The molecule has 1 heterocycles. The molecule has 1 saturated heterocycles. The van der Waals surface area contributed by atoms with Crippen LogP contribution in [0.25, 0.3) is 0 Å². The van der Waals surface area contributed by atoms with Gasteiger partial charge in [0.1, 0.15) is 0 Å². The molecule has 0 aromatic heterocycles. The summed E-state index contributed by atoms with van der Waals surface area (Å²) in [5.41, 5.74) is 0. The maximum atomic E-state index is 12.2. The largest absolute Gasteiger partial charge is 0.317 e. The van der Waals surface area contributed by atoms with Crippen molar-refractivity contribution in [2.75, 3.05) is 32.7 Å². The molecule has 0 amide bonds. The fourth-order valence-corrected chi connectivity index (χ4v) is 3.70. The predicted octanol–water partition coefficient (Wildman–Crippen LogP) is 1.19. The summed E-state index contributed by atoms with van der Waals surface area (Å²) in [6.45, 7) is 9.89. The van der Waals surface area contributed by atoms with Crippen LogP contribution in [0.15, 0.2) is 0 Å². The Morgan fingerprint density at radius 2 is 2.11 bits per heavy atom. The Morgan fingerprint density at radius 1 is 1.37 bits per heavy atom. The van der Waals surface area contributed by atoms with Gasteiger partial charge in [-0.15, -0.1) is 0 Å². The van der Waals surface area contributed by atoms with Gasteiger partial charge in [-0.3, -0.25) is 0 Å². The second kappa shape index (κ2) is 8.19. The van der Waals surface area contributed by atoms with Crippen molar-refractivity contribution >= 4 is 10.2 Å². The van der Waals surface area contributed by atoms with E-state index in [0.717, 1.165) is 32.4 Å². The van der Waals surface area contributed by atoms with E-state index in [1.807, 2.05) is 0 Å². The third-order valence-corrected chi connectivity index (χ3v) is 5.36. The quantitative estimate of drug-likeness (QED) is 0.706. The molecule has 114 valence electrons. The van der Waals surface area contributed by atoms with Gasteiger partial charge in [-0.25, -0.2) is 4.72 Å². The van der Waals surface area contributed by atoms with Crippen LogP contribution in [0.4, 0.5) is 0 Å². The minimum Gasteiger partial charge on any atom is -0.317 e. The van der Waals surface area contributed by atoms with Gasteiger partial charge < -0.3 is 5.32 Å². The van der Waals surface area contributed by atoms with Crippen molar-refractivity contribution in [1.29, 1.82) is 0 Å². The molecule has 1 aliphatic rings. The highest BCUT2D eigenvalue weighted by atomic mass is 32.2. The van der Waals surface area contributed by atoms with Crippen LogP contribution in [-0.2, 0) is 10.2 Å². The number of hydrogen-bond acceptors (Lipinski definition) is 3. The smallest absolute Gasteiger partial charge is 0.279 e. The zero-order chi connectivity index (χ0) is 14.3. The lowest BCUT2D eigenvalue weighted by Gasteiger charge is -2.32. The summed E-state index contributed by atoms with van der Waals surface area (Å²) in [5, 5.41) is 3.31. The highest BCUT2D eigenvalue weighted by Crippen LogP contribution is 2.18. The third-order valence-electron chi connectivity index (χ3n) is 3.82. The minimum absolute atomic E-state index is 0.386. The summed E-state index contributed by atoms with van der Waals surface area (Å²) in [4.78, 5) is 0. The molecule has 0 aliphatic carbocycles. The van der Waals surface area contributed by atoms with E-state index in [4.69, 9.17) is 0 Å². The van der Waals surface area contributed by atoms with Gasteiger partial charge >= 0.3 is 0 Å². The van der Waals surface area contributed by atoms with Crippen LogP contribution in [0.2, 0.25) is 0 Å². The summed E-state index contributed by atoms with van der Waals surface area (Å²) in [5.74, 6) is 0.825. The van der Waals surface area contributed by atoms with Crippen molar-refractivity contribution in [2.24, 2.45) is 11.8 Å². The van der Waals surface area contributed by atoms with Crippen molar-refractivity contribution in [1.82, 2.24) is 14.3 Å². The summed E-state index contributed by atoms with van der Waals surface area (Å²) >= 11 is 0. The Morgan fingerprint density at radius 3 is 2.74 bits per heavy atom. The van der Waals surface area contributed by atoms with Gasteiger partial charge in [-0.05, 0) is 37.8 Å². The molecule has 0 bridgehead atoms. The Balaban J connectivity index is 2.48. The number of nitrogens with zero attached hydrogens (tertiary/aromatic N) is 1. The van der Waals surface area contributed by atoms with Gasteiger partial charge in [0.25, 0.3) is 10.2 Å². The van der Waals surface area contributed by atoms with Crippen molar-refractivity contribution in [3.63, 3.8) is 0 Å². The lowest BCUT2D eigenvalue weighted by Crippen LogP contribution is -2.48. The van der Waals surface area contributed by atoms with Gasteiger partial charge in [-0.1, -0.05) is 27.2 Å². The van der Waals surface area contributed by atoms with E-state index in [9.17, 15) is 8.42 Å². The van der Waals surface area contributed by atoms with Gasteiger partial charge in [0.15, 0.2) is 0 Å². The molecule has 6 heteroatoms. The molecule has 19 heavy (non-hydrogen) atoms. The van der Waals surface area contributed by atoms with Crippen LogP contribution in [0.1, 0.15) is 40.0 Å². The van der Waals surface area contributed by atoms with Crippen LogP contribution < -0.4 is 10.0 Å². The first-order valence-corrected chi connectivity index (χ1v) is 8.89. The van der Waals surface area contributed by atoms with E-state index in [-0.39, 0.29) is 0 Å². The van der Waals surface area contributed by atoms with E-state index < -0.39 is 10.2 Å². The SMILES string of the molecule is CCNCC1CCCN(S(=O)(=O)NCC(C)CC)C1. The lowest BCUT2D eigenvalue weighted by molar-refractivity contribution is 0.258. The van der Waals surface area contributed by atoms with E-state index in [1.165, 1.54) is 0 Å². The molecule has 0 saturated carbocycles. The maximum absolute atomic E-state index is 12.2. The van der Waals surface area contributed by atoms with Crippen LogP contribution in [0.3, 0.4) is 0 Å². The third kappa shape index (κ3) is 5.77. The molecule has 2 unspecified atom stereocenters. The first-order valence-electron chi connectivity index (χ1n) is 7.45. The Hall–Kier alpha value is -0.170. The first kappa shape index (κ1) is 16.9. The molecule has 2 N–H and O–H groups in total. The minimum atomic E-state index is -3.29. The van der Waals surface area contributed by atoms with E-state index in [0.29, 0.717) is 31.5 Å². The molecule has 5 nitrogen and oxygen atoms in total. The van der Waals surface area contributed by atoms with Crippen LogP contribution in [0.5, 0.6) is 0 Å². The molecule has 1 fully saturated rings. The summed E-state index contributed by atoms with van der Waals surface area (Å²) in [6.07, 6.45) is 3.07. The lowest BCUT2D eigenvalue weighted by atomic mass is 10.00. The molecular weight excluding hydrogens is 262 g/mol. The fourth-order valence-electron chi connectivity index (χ4n) is 2.24. The molecular formula is C13H29N3O2S. The van der Waals surface area contributed by atoms with E-state index in [1.54, 1.807) is 4.31 Å². The number of hydrogen-bond donors (Lipinski definition) is 2. The maximum Gasteiger partial charge on any atom is 0.279 e. The van der Waals surface area contributed by atoms with E-state index >= 15 is 0 Å². The normalized spacial score (nSPS) is 23.4. The van der Waals surface area contributed by atoms with Gasteiger partial charge in [0.05, 0.1) is 0 Å². The van der Waals surface area contributed by atoms with Crippen LogP contribution in [0, 0.1) is 11.8 Å². The van der Waals surface area contributed by atoms with Crippen LogP contribution in [-0.4, -0.2) is 45.4 Å². The summed E-state index contributed by atoms with van der Waals surface area (Å²) in [6, 6.07) is 0. The van der Waals surface area contributed by atoms with Crippen LogP contribution >= 0.6 is 0 Å².